The summed E-state index contributed by atoms with van der Waals surface area (Å²) in [5, 5.41) is 53.1. The van der Waals surface area contributed by atoms with Gasteiger partial charge < -0.3 is 59.9 Å². The second-order valence-corrected chi connectivity index (χ2v) is 19.3. The Hall–Kier alpha value is -4.94. The van der Waals surface area contributed by atoms with Crippen LogP contribution in [-0.4, -0.2) is 188 Å². The van der Waals surface area contributed by atoms with E-state index in [4.69, 9.17) is 29.4 Å². The zero-order chi connectivity index (χ0) is 53.4. The molecule has 406 valence electrons. The van der Waals surface area contributed by atoms with Crippen molar-refractivity contribution in [1.29, 1.82) is 0 Å². The van der Waals surface area contributed by atoms with Gasteiger partial charge in [0, 0.05) is 51.7 Å². The number of ether oxygens (including phenoxy) is 5. The number of aromatic amines is 1. The van der Waals surface area contributed by atoms with E-state index < -0.39 is 163 Å². The zero-order valence-electron chi connectivity index (χ0n) is 40.6. The van der Waals surface area contributed by atoms with Gasteiger partial charge in [0.2, 0.25) is 5.91 Å². The number of H-pyrrole nitrogens is 1. The standard InChI is InChI=1S/C45H69N5O21S/c1-5-6-7-8-9-10-11-12-13-14-15-16-26(66-33(54)20-25(2)19-32(52)53)21-34(55)67-30-24-48(3)27(41(59)49(4)35(30)43(60)61)22-28(68-44-40(71-72(63,64)65)36(56)29(23-46)69-44)39-37(57)38(58)42(70-39)50-18-17-31(51)47-45(50)62/h9-10,12-13,17-18,25-30,35-40,42,44,56-58H,5-8,11,14-16,19-24,46H2,1-4H3,(H,52,53)(H,60,61)(H,47,51,62)(H,63,64,65)/b10-9-,13-12-/t25?,26?,27?,28?,29-,30?,35?,36-,37+,38-,39-,40-,42-,44-/m1/s1. The van der Waals surface area contributed by atoms with Crippen molar-refractivity contribution in [2.45, 2.75) is 170 Å². The highest BCUT2D eigenvalue weighted by Crippen LogP contribution is 2.36. The predicted octanol–water partition coefficient (Wildman–Crippen LogP) is -0.643. The highest BCUT2D eigenvalue weighted by molar-refractivity contribution is 7.80. The Kier molecular flexibility index (Phi) is 23.1. The number of amides is 1. The lowest BCUT2D eigenvalue weighted by Gasteiger charge is -2.34. The van der Waals surface area contributed by atoms with Gasteiger partial charge in [-0.05, 0) is 51.5 Å². The van der Waals surface area contributed by atoms with Crippen molar-refractivity contribution in [3.05, 3.63) is 57.4 Å². The van der Waals surface area contributed by atoms with Gasteiger partial charge in [-0.2, -0.15) is 8.42 Å². The highest BCUT2D eigenvalue weighted by Gasteiger charge is 2.54. The number of likely N-dealkylation sites (N-methyl/N-ethyl adjacent to an activating group) is 2. The summed E-state index contributed by atoms with van der Waals surface area (Å²) in [5.74, 6) is -6.00. The third-order valence-corrected chi connectivity index (χ3v) is 12.9. The molecule has 6 unspecified atom stereocenters. The van der Waals surface area contributed by atoms with Crippen molar-refractivity contribution >= 4 is 40.2 Å². The molecule has 1 aromatic heterocycles. The molecule has 0 radical (unpaired) electrons. The average molecular weight is 1050 g/mol. The smallest absolute Gasteiger partial charge is 0.397 e. The van der Waals surface area contributed by atoms with E-state index >= 15 is 0 Å². The van der Waals surface area contributed by atoms with Crippen LogP contribution in [0.15, 0.2) is 46.2 Å². The molecule has 14 atom stereocenters. The van der Waals surface area contributed by atoms with Crippen LogP contribution in [0, 0.1) is 5.92 Å². The molecule has 1 amide bonds. The number of nitrogens with zero attached hydrogens (tertiary/aromatic N) is 3. The average Bonchev–Trinajstić information content (AvgIpc) is 3.71. The number of aliphatic hydroxyl groups excluding tert-OH is 3. The fraction of sp³-hybridized carbons (Fsp3) is 0.711. The van der Waals surface area contributed by atoms with Crippen molar-refractivity contribution in [3.8, 4) is 0 Å². The van der Waals surface area contributed by atoms with Gasteiger partial charge in [0.25, 0.3) is 5.56 Å². The maximum Gasteiger partial charge on any atom is 0.397 e. The number of hydrogen-bond acceptors (Lipinski definition) is 20. The molecule has 9 N–H and O–H groups in total. The number of aliphatic hydroxyl groups is 3. The van der Waals surface area contributed by atoms with Crippen molar-refractivity contribution in [2.24, 2.45) is 11.7 Å². The number of carboxylic acid groups (broad SMARTS) is 2. The molecule has 72 heavy (non-hydrogen) atoms. The van der Waals surface area contributed by atoms with Crippen LogP contribution in [0.2, 0.25) is 0 Å². The summed E-state index contributed by atoms with van der Waals surface area (Å²) in [6.45, 7) is 2.77. The summed E-state index contributed by atoms with van der Waals surface area (Å²) in [7, 11) is -2.85. The number of aliphatic carboxylic acids is 2. The molecule has 1 aromatic rings. The van der Waals surface area contributed by atoms with E-state index in [0.717, 1.165) is 54.5 Å². The van der Waals surface area contributed by atoms with E-state index in [9.17, 15) is 72.1 Å². The number of carbonyl (C=O) groups is 5. The zero-order valence-corrected chi connectivity index (χ0v) is 41.4. The third-order valence-electron chi connectivity index (χ3n) is 12.4. The number of nitrogens with one attached hydrogen (secondary N) is 1. The van der Waals surface area contributed by atoms with Crippen LogP contribution >= 0.6 is 0 Å². The largest absolute Gasteiger partial charge is 0.481 e. The lowest BCUT2D eigenvalue weighted by Crippen LogP contribution is -2.53. The van der Waals surface area contributed by atoms with E-state index in [2.05, 4.69) is 23.3 Å². The number of hydrogen-bond donors (Lipinski definition) is 8. The molecule has 3 aliphatic heterocycles. The fourth-order valence-electron chi connectivity index (χ4n) is 8.76. The van der Waals surface area contributed by atoms with E-state index in [0.29, 0.717) is 19.3 Å². The summed E-state index contributed by atoms with van der Waals surface area (Å²) >= 11 is 0. The topological polar surface area (TPSA) is 384 Å². The molecule has 0 aliphatic carbocycles. The van der Waals surface area contributed by atoms with Crippen molar-refractivity contribution in [1.82, 2.24) is 19.4 Å². The number of nitrogens with two attached hydrogens (primary N) is 1. The Morgan fingerprint density at radius 3 is 2.22 bits per heavy atom. The Balaban J connectivity index is 1.60. The molecule has 27 heteroatoms. The van der Waals surface area contributed by atoms with Gasteiger partial charge >= 0.3 is 40.0 Å². The minimum absolute atomic E-state index is 0.172. The molecular formula is C45H69N5O21S. The summed E-state index contributed by atoms with van der Waals surface area (Å²) in [6.07, 6.45) is -5.46. The number of esters is 2. The number of unbranched alkanes of at least 4 members (excludes halogenated alkanes) is 4. The molecular weight excluding hydrogens is 979 g/mol. The molecule has 4 heterocycles. The second-order valence-electron chi connectivity index (χ2n) is 18.2. The third kappa shape index (κ3) is 17.3. The van der Waals surface area contributed by atoms with Gasteiger partial charge in [-0.3, -0.25) is 43.0 Å². The Morgan fingerprint density at radius 2 is 1.61 bits per heavy atom. The van der Waals surface area contributed by atoms with Crippen LogP contribution in [0.5, 0.6) is 0 Å². The number of aromatic nitrogens is 2. The van der Waals surface area contributed by atoms with Gasteiger partial charge in [-0.15, -0.1) is 0 Å². The van der Waals surface area contributed by atoms with E-state index in [1.165, 1.54) is 11.9 Å². The van der Waals surface area contributed by atoms with Gasteiger partial charge in [-0.25, -0.2) is 13.8 Å². The molecule has 0 saturated carbocycles. The van der Waals surface area contributed by atoms with Gasteiger partial charge in [-0.1, -0.05) is 51.0 Å². The summed E-state index contributed by atoms with van der Waals surface area (Å²) in [5.41, 5.74) is 3.84. The molecule has 0 spiro atoms. The van der Waals surface area contributed by atoms with E-state index in [1.54, 1.807) is 6.92 Å². The quantitative estimate of drug-likeness (QED) is 0.0224. The first-order chi connectivity index (χ1) is 34.0. The SMILES string of the molecule is CCCCC/C=C\C/C=C\CCCC(CC(=O)OC1CN(C)C(CC(O[C@@H]2O[C@H](CN)[C@@H](O)[C@H]2OS(=O)(=O)O)[C@H]2O[C@@H](n3ccc(=O)[nH]c3=O)[C@H](O)[C@@H]2O)C(=O)N(C)C1C(=O)O)OC(=O)CC(C)CC(=O)O. The molecule has 26 nitrogen and oxygen atoms in total. The number of carbonyl (C=O) groups excluding carboxylic acids is 3. The van der Waals surface area contributed by atoms with Crippen molar-refractivity contribution in [3.63, 3.8) is 0 Å². The van der Waals surface area contributed by atoms with E-state index in [-0.39, 0.29) is 19.3 Å². The minimum atomic E-state index is -5.32. The monoisotopic (exact) mass is 1050 g/mol. The molecule has 0 bridgehead atoms. The molecule has 0 aromatic carbocycles. The lowest BCUT2D eigenvalue weighted by molar-refractivity contribution is -0.221. The first kappa shape index (κ1) is 59.6. The molecule has 4 rings (SSSR count). The van der Waals surface area contributed by atoms with Crippen LogP contribution in [0.1, 0.15) is 97.1 Å². The van der Waals surface area contributed by atoms with Crippen molar-refractivity contribution in [2.75, 3.05) is 27.2 Å². The van der Waals surface area contributed by atoms with Gasteiger partial charge in [0.15, 0.2) is 24.7 Å². The minimum Gasteiger partial charge on any atom is -0.481 e. The normalized spacial score (nSPS) is 28.5. The number of carboxylic acids is 2. The highest BCUT2D eigenvalue weighted by atomic mass is 32.3. The number of allylic oxidation sites excluding steroid dienone is 4. The molecule has 3 fully saturated rings. The van der Waals surface area contributed by atoms with E-state index in [1.807, 2.05) is 17.1 Å². The first-order valence-electron chi connectivity index (χ1n) is 23.7. The second kappa shape index (κ2) is 27.9. The van der Waals surface area contributed by atoms with Crippen LogP contribution in [-0.2, 0) is 62.2 Å². The van der Waals surface area contributed by atoms with Crippen LogP contribution in [0.4, 0.5) is 0 Å². The number of rotatable bonds is 28. The van der Waals surface area contributed by atoms with Gasteiger partial charge in [0.1, 0.15) is 42.7 Å². The van der Waals surface area contributed by atoms with Crippen LogP contribution < -0.4 is 17.0 Å². The molecule has 3 aliphatic rings. The Bertz CT molecular complexity index is 2270. The molecule has 3 saturated heterocycles. The predicted molar refractivity (Wildman–Crippen MR) is 249 cm³/mol. The van der Waals surface area contributed by atoms with Gasteiger partial charge in [0.05, 0.1) is 18.6 Å². The van der Waals surface area contributed by atoms with Crippen LogP contribution in [0.25, 0.3) is 0 Å². The summed E-state index contributed by atoms with van der Waals surface area (Å²) in [4.78, 5) is 93.9. The first-order valence-corrected chi connectivity index (χ1v) is 25.1. The maximum atomic E-state index is 14.4. The lowest BCUT2D eigenvalue weighted by atomic mass is 9.97. The van der Waals surface area contributed by atoms with Crippen LogP contribution in [0.3, 0.4) is 0 Å². The fourth-order valence-corrected chi connectivity index (χ4v) is 9.25. The maximum absolute atomic E-state index is 14.4. The Morgan fingerprint density at radius 1 is 0.931 bits per heavy atom. The van der Waals surface area contributed by atoms with Crippen molar-refractivity contribution < 1.29 is 90.3 Å². The Labute approximate surface area is 415 Å². The summed E-state index contributed by atoms with van der Waals surface area (Å²) < 4.78 is 67.8. The summed E-state index contributed by atoms with van der Waals surface area (Å²) in [6, 6.07) is -2.40.